The van der Waals surface area contributed by atoms with Gasteiger partial charge in [-0.05, 0) is 38.5 Å². The van der Waals surface area contributed by atoms with Gasteiger partial charge in [0.05, 0.1) is 11.1 Å². The van der Waals surface area contributed by atoms with Crippen molar-refractivity contribution in [1.82, 2.24) is 4.57 Å². The highest BCUT2D eigenvalue weighted by Crippen LogP contribution is 2.46. The summed E-state index contributed by atoms with van der Waals surface area (Å²) in [5, 5.41) is 0.977. The lowest BCUT2D eigenvalue weighted by atomic mass is 9.85. The average molecular weight is 305 g/mol. The van der Waals surface area contributed by atoms with Crippen molar-refractivity contribution < 1.29 is 4.74 Å². The second-order valence-corrected chi connectivity index (χ2v) is 6.75. The van der Waals surface area contributed by atoms with Gasteiger partial charge in [0.2, 0.25) is 0 Å². The Hall–Kier alpha value is -2.55. The minimum atomic E-state index is -0.467. The molecule has 0 aliphatic carbocycles. The van der Waals surface area contributed by atoms with Crippen LogP contribution in [0.2, 0.25) is 0 Å². The van der Waals surface area contributed by atoms with E-state index in [-0.39, 0.29) is 5.56 Å². The van der Waals surface area contributed by atoms with Crippen molar-refractivity contribution in [1.29, 1.82) is 0 Å². The Labute approximate surface area is 135 Å². The first-order valence-electron chi connectivity index (χ1n) is 7.82. The van der Waals surface area contributed by atoms with Crippen molar-refractivity contribution in [3.05, 3.63) is 63.9 Å². The van der Waals surface area contributed by atoms with Crippen molar-refractivity contribution in [2.75, 3.05) is 0 Å². The number of hydrogen-bond donors (Lipinski definition) is 0. The zero-order valence-electron chi connectivity index (χ0n) is 13.8. The Morgan fingerprint density at radius 1 is 1.09 bits per heavy atom. The third-order valence-electron chi connectivity index (χ3n) is 4.71. The van der Waals surface area contributed by atoms with Crippen LogP contribution in [0.25, 0.3) is 22.0 Å². The number of ether oxygens (including phenoxy) is 1. The SMILES string of the molecule is Cc1ccc2c(c1)-c1c(c3ccccc3n(C)c1=O)OC2(C)C. The van der Waals surface area contributed by atoms with Crippen LogP contribution in [0, 0.1) is 6.92 Å². The first kappa shape index (κ1) is 14.1. The van der Waals surface area contributed by atoms with Crippen molar-refractivity contribution in [3.63, 3.8) is 0 Å². The van der Waals surface area contributed by atoms with Crippen molar-refractivity contribution in [3.8, 4) is 16.9 Å². The molecule has 0 bridgehead atoms. The van der Waals surface area contributed by atoms with Gasteiger partial charge in [0.1, 0.15) is 11.4 Å². The van der Waals surface area contributed by atoms with Crippen LogP contribution < -0.4 is 10.3 Å². The monoisotopic (exact) mass is 305 g/mol. The Bertz CT molecular complexity index is 1010. The second kappa shape index (κ2) is 4.48. The Balaban J connectivity index is 2.23. The predicted octanol–water partition coefficient (Wildman–Crippen LogP) is 4.14. The number of pyridine rings is 1. The number of fused-ring (bicyclic) bond motifs is 5. The highest BCUT2D eigenvalue weighted by molar-refractivity contribution is 5.94. The number of nitrogens with zero attached hydrogens (tertiary/aromatic N) is 1. The van der Waals surface area contributed by atoms with E-state index in [1.165, 1.54) is 0 Å². The van der Waals surface area contributed by atoms with Crippen LogP contribution in [0.5, 0.6) is 5.75 Å². The lowest BCUT2D eigenvalue weighted by molar-refractivity contribution is 0.107. The van der Waals surface area contributed by atoms with Gasteiger partial charge < -0.3 is 9.30 Å². The molecule has 0 fully saturated rings. The predicted molar refractivity (Wildman–Crippen MR) is 93.0 cm³/mol. The zero-order valence-corrected chi connectivity index (χ0v) is 13.8. The van der Waals surface area contributed by atoms with Crippen LogP contribution in [0.15, 0.2) is 47.3 Å². The molecule has 0 amide bonds. The maximum Gasteiger partial charge on any atom is 0.262 e. The molecule has 0 N–H and O–H groups in total. The Morgan fingerprint density at radius 3 is 2.61 bits per heavy atom. The highest BCUT2D eigenvalue weighted by atomic mass is 16.5. The van der Waals surface area contributed by atoms with Crippen LogP contribution in [-0.2, 0) is 12.6 Å². The summed E-state index contributed by atoms with van der Waals surface area (Å²) in [6.45, 7) is 6.15. The van der Waals surface area contributed by atoms with E-state index in [2.05, 4.69) is 32.0 Å². The van der Waals surface area contributed by atoms with Crippen molar-refractivity contribution in [2.45, 2.75) is 26.4 Å². The van der Waals surface area contributed by atoms with Gasteiger partial charge in [0.15, 0.2) is 0 Å². The summed E-state index contributed by atoms with van der Waals surface area (Å²) >= 11 is 0. The van der Waals surface area contributed by atoms with E-state index in [4.69, 9.17) is 4.74 Å². The topological polar surface area (TPSA) is 31.2 Å². The summed E-state index contributed by atoms with van der Waals surface area (Å²) in [4.78, 5) is 13.0. The molecule has 3 nitrogen and oxygen atoms in total. The smallest absolute Gasteiger partial charge is 0.262 e. The van der Waals surface area contributed by atoms with Crippen LogP contribution in [0.4, 0.5) is 0 Å². The fourth-order valence-electron chi connectivity index (χ4n) is 3.51. The number of aromatic nitrogens is 1. The molecule has 1 aliphatic heterocycles. The quantitative estimate of drug-likeness (QED) is 0.625. The van der Waals surface area contributed by atoms with Crippen molar-refractivity contribution >= 4 is 10.9 Å². The van der Waals surface area contributed by atoms with Crippen LogP contribution in [-0.4, -0.2) is 4.57 Å². The summed E-state index contributed by atoms with van der Waals surface area (Å²) in [6, 6.07) is 14.1. The minimum absolute atomic E-state index is 0.0129. The molecular weight excluding hydrogens is 286 g/mol. The summed E-state index contributed by atoms with van der Waals surface area (Å²) in [5.74, 6) is 0.701. The molecule has 23 heavy (non-hydrogen) atoms. The van der Waals surface area contributed by atoms with E-state index in [1.807, 2.05) is 38.2 Å². The van der Waals surface area contributed by atoms with Gasteiger partial charge in [-0.25, -0.2) is 0 Å². The summed E-state index contributed by atoms with van der Waals surface area (Å²) in [7, 11) is 1.82. The maximum atomic E-state index is 13.0. The molecule has 0 radical (unpaired) electrons. The molecule has 1 aliphatic rings. The lowest BCUT2D eigenvalue weighted by Crippen LogP contribution is -2.33. The Kier molecular flexibility index (Phi) is 2.74. The summed E-state index contributed by atoms with van der Waals surface area (Å²) < 4.78 is 8.03. The van der Waals surface area contributed by atoms with Gasteiger partial charge in [-0.3, -0.25) is 4.79 Å². The molecule has 2 heterocycles. The summed E-state index contributed by atoms with van der Waals surface area (Å²) in [6.07, 6.45) is 0. The van der Waals surface area contributed by atoms with Gasteiger partial charge in [-0.1, -0.05) is 35.9 Å². The molecule has 3 heteroatoms. The average Bonchev–Trinajstić information content (AvgIpc) is 2.51. The number of para-hydroxylation sites is 1. The van der Waals surface area contributed by atoms with Crippen LogP contribution in [0.3, 0.4) is 0 Å². The number of hydrogen-bond acceptors (Lipinski definition) is 2. The van der Waals surface area contributed by atoms with E-state index >= 15 is 0 Å². The molecule has 0 unspecified atom stereocenters. The molecule has 2 aromatic carbocycles. The maximum absolute atomic E-state index is 13.0. The van der Waals surface area contributed by atoms with Gasteiger partial charge >= 0.3 is 0 Å². The van der Waals surface area contributed by atoms with Crippen LogP contribution >= 0.6 is 0 Å². The van der Waals surface area contributed by atoms with Gasteiger partial charge in [0, 0.05) is 18.0 Å². The van der Waals surface area contributed by atoms with E-state index < -0.39 is 5.60 Å². The summed E-state index contributed by atoms with van der Waals surface area (Å²) in [5.41, 5.74) is 4.27. The highest BCUT2D eigenvalue weighted by Gasteiger charge is 2.35. The third kappa shape index (κ3) is 1.86. The van der Waals surface area contributed by atoms with Crippen LogP contribution in [0.1, 0.15) is 25.0 Å². The fourth-order valence-corrected chi connectivity index (χ4v) is 3.51. The molecule has 0 saturated carbocycles. The largest absolute Gasteiger partial charge is 0.482 e. The van der Waals surface area contributed by atoms with Gasteiger partial charge in [-0.15, -0.1) is 0 Å². The molecule has 3 aromatic rings. The van der Waals surface area contributed by atoms with Gasteiger partial charge in [0.25, 0.3) is 5.56 Å². The number of benzene rings is 2. The molecule has 116 valence electrons. The molecule has 4 rings (SSSR count). The zero-order chi connectivity index (χ0) is 16.4. The lowest BCUT2D eigenvalue weighted by Gasteiger charge is -2.35. The second-order valence-electron chi connectivity index (χ2n) is 6.75. The molecule has 0 atom stereocenters. The molecule has 0 spiro atoms. The third-order valence-corrected chi connectivity index (χ3v) is 4.71. The molecular formula is C20H19NO2. The molecule has 0 saturated heterocycles. The fraction of sp³-hybridized carbons (Fsp3) is 0.250. The van der Waals surface area contributed by atoms with Gasteiger partial charge in [-0.2, -0.15) is 0 Å². The van der Waals surface area contributed by atoms with E-state index in [9.17, 15) is 4.79 Å². The normalized spacial score (nSPS) is 15.0. The number of rotatable bonds is 0. The first-order chi connectivity index (χ1) is 10.9. The van der Waals surface area contributed by atoms with Crippen molar-refractivity contribution in [2.24, 2.45) is 7.05 Å². The molecule has 1 aromatic heterocycles. The number of aryl methyl sites for hydroxylation is 2. The minimum Gasteiger partial charge on any atom is -0.482 e. The first-order valence-corrected chi connectivity index (χ1v) is 7.82. The van der Waals surface area contributed by atoms with E-state index in [0.717, 1.165) is 27.6 Å². The van der Waals surface area contributed by atoms with E-state index in [0.29, 0.717) is 11.3 Å². The Morgan fingerprint density at radius 2 is 1.83 bits per heavy atom. The standard InChI is InChI=1S/C20H19NO2/c1-12-9-10-15-14(11-12)17-18(23-20(15,2)3)13-7-5-6-8-16(13)21(4)19(17)22/h5-11H,1-4H3. The van der Waals surface area contributed by atoms with E-state index in [1.54, 1.807) is 4.57 Å².